The van der Waals surface area contributed by atoms with Gasteiger partial charge in [0.15, 0.2) is 5.41 Å². The lowest BCUT2D eigenvalue weighted by atomic mass is 9.70. The van der Waals surface area contributed by atoms with E-state index in [0.717, 1.165) is 11.3 Å². The summed E-state index contributed by atoms with van der Waals surface area (Å²) in [5, 5.41) is 0. The monoisotopic (exact) mass is 312 g/mol. The predicted octanol–water partition coefficient (Wildman–Crippen LogP) is 2.30. The maximum absolute atomic E-state index is 12.9. The third kappa shape index (κ3) is 3.87. The Morgan fingerprint density at radius 2 is 1.82 bits per heavy atom. The zero-order valence-corrected chi connectivity index (χ0v) is 14.5. The normalized spacial score (nSPS) is 14.5. The summed E-state index contributed by atoms with van der Waals surface area (Å²) in [6.45, 7) is 7.46. The van der Waals surface area contributed by atoms with Gasteiger partial charge in [-0.15, -0.1) is 6.58 Å². The second kappa shape index (κ2) is 8.56. The van der Waals surface area contributed by atoms with E-state index in [1.165, 1.54) is 25.1 Å². The highest BCUT2D eigenvalue weighted by atomic mass is 16.5. The number of carbonyl (C=O) groups is 3. The molecule has 0 fully saturated rings. The number of methoxy groups -OCH3 is 1. The molecule has 0 aliphatic rings. The van der Waals surface area contributed by atoms with Crippen LogP contribution >= 0.6 is 0 Å². The first-order valence-electron chi connectivity index (χ1n) is 7.39. The highest BCUT2D eigenvalue weighted by Gasteiger charge is 2.52. The minimum atomic E-state index is -1.42. The van der Waals surface area contributed by atoms with Crippen LogP contribution in [0, 0.1) is 11.3 Å². The summed E-state index contributed by atoms with van der Waals surface area (Å²) >= 11 is 0. The molecular formula is C16H28N2O4. The summed E-state index contributed by atoms with van der Waals surface area (Å²) in [6.07, 6.45) is 3.13. The molecule has 0 aromatic carbocycles. The number of nitrogens with zero attached hydrogens (tertiary/aromatic N) is 2. The Morgan fingerprint density at radius 3 is 2.18 bits per heavy atom. The highest BCUT2D eigenvalue weighted by molar-refractivity contribution is 6.08. The van der Waals surface area contributed by atoms with Gasteiger partial charge in [-0.1, -0.05) is 26.3 Å². The van der Waals surface area contributed by atoms with Gasteiger partial charge in [-0.3, -0.25) is 14.5 Å². The molecule has 0 saturated heterocycles. The number of rotatable bonds is 7. The number of amides is 3. The van der Waals surface area contributed by atoms with Crippen LogP contribution < -0.4 is 0 Å². The van der Waals surface area contributed by atoms with E-state index in [4.69, 9.17) is 4.74 Å². The summed E-state index contributed by atoms with van der Waals surface area (Å²) in [5.41, 5.74) is -1.42. The number of hydrogen-bond acceptors (Lipinski definition) is 4. The van der Waals surface area contributed by atoms with E-state index in [1.807, 2.05) is 13.8 Å². The molecule has 0 bridgehead atoms. The standard InChI is InChI=1S/C16H28N2O4/c1-8-10-12(3)16(11-9-2,14(20)22-7)13(19)18(6)15(21)17(4)5/h9,12H,2,8,10-11H2,1,3-7H3. The second-order valence-corrected chi connectivity index (χ2v) is 5.69. The van der Waals surface area contributed by atoms with Crippen molar-refractivity contribution in [3.63, 3.8) is 0 Å². The van der Waals surface area contributed by atoms with Crippen LogP contribution in [0.25, 0.3) is 0 Å². The van der Waals surface area contributed by atoms with E-state index in [1.54, 1.807) is 14.1 Å². The molecule has 0 aromatic rings. The SMILES string of the molecule is C=CCC(C(=O)OC)(C(=O)N(C)C(=O)N(C)C)C(C)CCC. The van der Waals surface area contributed by atoms with Gasteiger partial charge < -0.3 is 9.64 Å². The first-order chi connectivity index (χ1) is 10.2. The first-order valence-corrected chi connectivity index (χ1v) is 7.39. The molecular weight excluding hydrogens is 284 g/mol. The van der Waals surface area contributed by atoms with Gasteiger partial charge >= 0.3 is 12.0 Å². The topological polar surface area (TPSA) is 66.9 Å². The summed E-state index contributed by atoms with van der Waals surface area (Å²) in [7, 11) is 5.73. The Bertz CT molecular complexity index is 434. The third-order valence-electron chi connectivity index (χ3n) is 3.93. The average Bonchev–Trinajstić information content (AvgIpc) is 2.49. The first kappa shape index (κ1) is 20.1. The molecule has 0 N–H and O–H groups in total. The quantitative estimate of drug-likeness (QED) is 0.411. The number of esters is 1. The summed E-state index contributed by atoms with van der Waals surface area (Å²) in [5.74, 6) is -1.46. The van der Waals surface area contributed by atoms with E-state index >= 15 is 0 Å². The Hall–Kier alpha value is -1.85. The maximum Gasteiger partial charge on any atom is 0.325 e. The van der Waals surface area contributed by atoms with E-state index in [0.29, 0.717) is 6.42 Å². The van der Waals surface area contributed by atoms with Crippen LogP contribution in [0.4, 0.5) is 4.79 Å². The van der Waals surface area contributed by atoms with Crippen LogP contribution in [-0.4, -0.2) is 56.0 Å². The van der Waals surface area contributed by atoms with Gasteiger partial charge in [0.1, 0.15) is 0 Å². The molecule has 6 heteroatoms. The zero-order chi connectivity index (χ0) is 17.5. The van der Waals surface area contributed by atoms with E-state index in [9.17, 15) is 14.4 Å². The van der Waals surface area contributed by atoms with Crippen LogP contribution in [0.2, 0.25) is 0 Å². The van der Waals surface area contributed by atoms with Crippen molar-refractivity contribution in [3.05, 3.63) is 12.7 Å². The summed E-state index contributed by atoms with van der Waals surface area (Å²) in [4.78, 5) is 39.7. The molecule has 0 aromatic heterocycles. The zero-order valence-electron chi connectivity index (χ0n) is 14.5. The fraction of sp³-hybridized carbons (Fsp3) is 0.688. The molecule has 0 radical (unpaired) electrons. The van der Waals surface area contributed by atoms with Crippen LogP contribution in [-0.2, 0) is 14.3 Å². The van der Waals surface area contributed by atoms with Gasteiger partial charge in [0.2, 0.25) is 5.91 Å². The van der Waals surface area contributed by atoms with E-state index in [2.05, 4.69) is 6.58 Å². The van der Waals surface area contributed by atoms with Crippen molar-refractivity contribution >= 4 is 17.9 Å². The average molecular weight is 312 g/mol. The molecule has 0 aliphatic carbocycles. The fourth-order valence-corrected chi connectivity index (χ4v) is 2.65. The molecule has 3 amide bonds. The van der Waals surface area contributed by atoms with Crippen molar-refractivity contribution in [2.75, 3.05) is 28.3 Å². The maximum atomic E-state index is 12.9. The Balaban J connectivity index is 5.91. The van der Waals surface area contributed by atoms with Gasteiger partial charge in [0.05, 0.1) is 7.11 Å². The molecule has 0 rings (SSSR count). The van der Waals surface area contributed by atoms with Gasteiger partial charge in [0, 0.05) is 21.1 Å². The molecule has 22 heavy (non-hydrogen) atoms. The fourth-order valence-electron chi connectivity index (χ4n) is 2.65. The minimum absolute atomic E-state index is 0.130. The van der Waals surface area contributed by atoms with E-state index < -0.39 is 23.3 Å². The van der Waals surface area contributed by atoms with Crippen molar-refractivity contribution in [3.8, 4) is 0 Å². The van der Waals surface area contributed by atoms with Gasteiger partial charge in [-0.05, 0) is 18.8 Å². The Kier molecular flexibility index (Phi) is 7.84. The van der Waals surface area contributed by atoms with Gasteiger partial charge in [-0.2, -0.15) is 0 Å². The number of allylic oxidation sites excluding steroid dienone is 1. The molecule has 6 nitrogen and oxygen atoms in total. The predicted molar refractivity (Wildman–Crippen MR) is 85.2 cm³/mol. The number of imide groups is 1. The number of carbonyl (C=O) groups excluding carboxylic acids is 3. The van der Waals surface area contributed by atoms with Crippen LogP contribution in [0.15, 0.2) is 12.7 Å². The van der Waals surface area contributed by atoms with Crippen molar-refractivity contribution in [2.24, 2.45) is 11.3 Å². The minimum Gasteiger partial charge on any atom is -0.468 e. The molecule has 126 valence electrons. The second-order valence-electron chi connectivity index (χ2n) is 5.69. The van der Waals surface area contributed by atoms with Crippen molar-refractivity contribution in [1.82, 2.24) is 9.80 Å². The smallest absolute Gasteiger partial charge is 0.325 e. The van der Waals surface area contributed by atoms with E-state index in [-0.39, 0.29) is 12.3 Å². The lowest BCUT2D eigenvalue weighted by Gasteiger charge is -2.37. The summed E-state index contributed by atoms with van der Waals surface area (Å²) in [6, 6.07) is -0.481. The molecule has 0 spiro atoms. The van der Waals surface area contributed by atoms with Crippen LogP contribution in [0.3, 0.4) is 0 Å². The number of ether oxygens (including phenoxy) is 1. The molecule has 2 unspecified atom stereocenters. The Labute approximate surface area is 133 Å². The van der Waals surface area contributed by atoms with Gasteiger partial charge in [0.25, 0.3) is 0 Å². The third-order valence-corrected chi connectivity index (χ3v) is 3.93. The molecule has 0 heterocycles. The number of hydrogen-bond donors (Lipinski definition) is 0. The van der Waals surface area contributed by atoms with Crippen molar-refractivity contribution < 1.29 is 19.1 Å². The molecule has 0 aliphatic heterocycles. The summed E-state index contributed by atoms with van der Waals surface area (Å²) < 4.78 is 4.89. The van der Waals surface area contributed by atoms with Gasteiger partial charge in [-0.25, -0.2) is 4.79 Å². The lowest BCUT2D eigenvalue weighted by Crippen LogP contribution is -2.54. The van der Waals surface area contributed by atoms with Crippen LogP contribution in [0.1, 0.15) is 33.1 Å². The van der Waals surface area contributed by atoms with Crippen molar-refractivity contribution in [1.29, 1.82) is 0 Å². The Morgan fingerprint density at radius 1 is 1.27 bits per heavy atom. The van der Waals surface area contributed by atoms with Crippen LogP contribution in [0.5, 0.6) is 0 Å². The molecule has 0 saturated carbocycles. The largest absolute Gasteiger partial charge is 0.468 e. The number of urea groups is 1. The highest BCUT2D eigenvalue weighted by Crippen LogP contribution is 2.38. The molecule has 2 atom stereocenters. The van der Waals surface area contributed by atoms with Crippen molar-refractivity contribution in [2.45, 2.75) is 33.1 Å². The lowest BCUT2D eigenvalue weighted by molar-refractivity contribution is -0.165.